The zero-order valence-corrected chi connectivity index (χ0v) is 18.2. The summed E-state index contributed by atoms with van der Waals surface area (Å²) in [6, 6.07) is 1.81. The number of aliphatic hydroxyl groups is 1. The first-order valence-corrected chi connectivity index (χ1v) is 10.7. The summed E-state index contributed by atoms with van der Waals surface area (Å²) < 4.78 is 57.5. The van der Waals surface area contributed by atoms with Gasteiger partial charge in [-0.15, -0.1) is 0 Å². The van der Waals surface area contributed by atoms with E-state index in [2.05, 4.69) is 5.32 Å². The van der Waals surface area contributed by atoms with Crippen LogP contribution in [0.25, 0.3) is 5.69 Å². The molecular weight excluding hydrogens is 442 g/mol. The third-order valence-corrected chi connectivity index (χ3v) is 6.40. The number of amides is 1. The molecule has 2 aliphatic rings. The van der Waals surface area contributed by atoms with E-state index in [1.807, 2.05) is 0 Å². The minimum absolute atomic E-state index is 0.0131. The summed E-state index contributed by atoms with van der Waals surface area (Å²) in [4.78, 5) is 24.6. The van der Waals surface area contributed by atoms with Gasteiger partial charge >= 0.3 is 6.18 Å². The topological polar surface area (TPSA) is 97.4 Å². The van der Waals surface area contributed by atoms with Gasteiger partial charge in [0.05, 0.1) is 40.2 Å². The van der Waals surface area contributed by atoms with E-state index >= 15 is 4.39 Å². The zero-order chi connectivity index (χ0) is 24.3. The highest BCUT2D eigenvalue weighted by Gasteiger charge is 2.43. The molecule has 1 amide bonds. The van der Waals surface area contributed by atoms with Crippen molar-refractivity contribution in [2.45, 2.75) is 64.3 Å². The second-order valence-corrected chi connectivity index (χ2v) is 9.64. The van der Waals surface area contributed by atoms with Crippen molar-refractivity contribution in [3.63, 3.8) is 0 Å². The fourth-order valence-electron chi connectivity index (χ4n) is 4.92. The van der Waals surface area contributed by atoms with Gasteiger partial charge in [0, 0.05) is 18.3 Å². The van der Waals surface area contributed by atoms with Gasteiger partial charge in [-0.1, -0.05) is 13.8 Å². The Morgan fingerprint density at radius 3 is 2.52 bits per heavy atom. The Labute approximate surface area is 187 Å². The number of nitrogens with zero attached hydrogens (tertiary/aromatic N) is 1. The quantitative estimate of drug-likeness (QED) is 0.587. The number of hydrogen-bond donors (Lipinski definition) is 3. The van der Waals surface area contributed by atoms with Crippen molar-refractivity contribution in [3.8, 4) is 5.69 Å². The normalized spacial score (nSPS) is 22.3. The molecule has 2 atom stereocenters. The van der Waals surface area contributed by atoms with E-state index in [4.69, 9.17) is 5.73 Å². The molecule has 1 saturated carbocycles. The smallest absolute Gasteiger partial charge is 0.391 e. The van der Waals surface area contributed by atoms with Crippen LogP contribution in [0.3, 0.4) is 0 Å². The minimum atomic E-state index is -4.77. The third-order valence-electron chi connectivity index (χ3n) is 6.40. The first-order valence-electron chi connectivity index (χ1n) is 10.7. The fourth-order valence-corrected chi connectivity index (χ4v) is 4.92. The number of benzene rings is 1. The third kappa shape index (κ3) is 4.23. The summed E-state index contributed by atoms with van der Waals surface area (Å²) in [5.74, 6) is -2.67. The summed E-state index contributed by atoms with van der Waals surface area (Å²) in [5.41, 5.74) is 3.01. The molecule has 0 bridgehead atoms. The van der Waals surface area contributed by atoms with Gasteiger partial charge in [0.15, 0.2) is 5.78 Å². The number of anilines is 1. The van der Waals surface area contributed by atoms with E-state index < -0.39 is 57.9 Å². The molecule has 33 heavy (non-hydrogen) atoms. The van der Waals surface area contributed by atoms with Crippen molar-refractivity contribution in [2.24, 2.45) is 11.1 Å². The number of rotatable bonds is 4. The van der Waals surface area contributed by atoms with Gasteiger partial charge < -0.3 is 20.7 Å². The summed E-state index contributed by atoms with van der Waals surface area (Å²) >= 11 is 0. The number of halogens is 4. The molecule has 0 aliphatic heterocycles. The molecule has 1 fully saturated rings. The van der Waals surface area contributed by atoms with Crippen LogP contribution in [-0.2, 0) is 12.6 Å². The number of aliphatic hydroxyl groups excluding tert-OH is 1. The van der Waals surface area contributed by atoms with Crippen molar-refractivity contribution in [3.05, 3.63) is 46.5 Å². The SMILES string of the molecule is CC1(C)CC(=O)c2c(C(F)(F)F)cn(-c3cc(F)c(C(N)=O)c(N[C@H]4CCC[C@@H]4O)c3)c2C1. The number of nitrogens with two attached hydrogens (primary N) is 1. The van der Waals surface area contributed by atoms with Crippen molar-refractivity contribution in [1.29, 1.82) is 0 Å². The molecule has 178 valence electrons. The van der Waals surface area contributed by atoms with Gasteiger partial charge in [-0.05, 0) is 43.2 Å². The van der Waals surface area contributed by atoms with Gasteiger partial charge in [-0.25, -0.2) is 4.39 Å². The van der Waals surface area contributed by atoms with Crippen LogP contribution in [-0.4, -0.2) is 33.5 Å². The molecule has 1 aromatic heterocycles. The van der Waals surface area contributed by atoms with Crippen molar-refractivity contribution in [1.82, 2.24) is 4.57 Å². The Balaban J connectivity index is 1.91. The van der Waals surface area contributed by atoms with E-state index in [9.17, 15) is 27.9 Å². The summed E-state index contributed by atoms with van der Waals surface area (Å²) in [5, 5.41) is 13.1. The van der Waals surface area contributed by atoms with Crippen LogP contribution >= 0.6 is 0 Å². The molecule has 0 spiro atoms. The predicted molar refractivity (Wildman–Crippen MR) is 113 cm³/mol. The van der Waals surface area contributed by atoms with Crippen molar-refractivity contribution < 1.29 is 32.3 Å². The Morgan fingerprint density at radius 2 is 1.94 bits per heavy atom. The molecule has 0 radical (unpaired) electrons. The lowest BCUT2D eigenvalue weighted by molar-refractivity contribution is -0.137. The molecule has 4 N–H and O–H groups in total. The predicted octanol–water partition coefficient (Wildman–Crippen LogP) is 4.21. The maximum absolute atomic E-state index is 15.0. The average molecular weight is 467 g/mol. The van der Waals surface area contributed by atoms with Gasteiger partial charge in [-0.2, -0.15) is 13.2 Å². The number of hydrogen-bond acceptors (Lipinski definition) is 4. The number of carbonyl (C=O) groups excluding carboxylic acids is 2. The number of Topliss-reactive ketones (excluding diaryl/α,β-unsaturated/α-hetero) is 1. The Kier molecular flexibility index (Phi) is 5.55. The number of primary amides is 1. The van der Waals surface area contributed by atoms with E-state index in [1.165, 1.54) is 10.6 Å². The summed E-state index contributed by atoms with van der Waals surface area (Å²) in [6.45, 7) is 3.56. The van der Waals surface area contributed by atoms with Crippen molar-refractivity contribution in [2.75, 3.05) is 5.32 Å². The van der Waals surface area contributed by atoms with E-state index in [0.717, 1.165) is 18.7 Å². The number of ketones is 1. The summed E-state index contributed by atoms with van der Waals surface area (Å²) in [6.07, 6.45) is -2.71. The van der Waals surface area contributed by atoms with Gasteiger partial charge in [0.2, 0.25) is 0 Å². The van der Waals surface area contributed by atoms with Gasteiger partial charge in [0.1, 0.15) is 5.82 Å². The molecule has 0 saturated heterocycles. The average Bonchev–Trinajstić information content (AvgIpc) is 3.23. The molecule has 1 aromatic carbocycles. The number of alkyl halides is 3. The van der Waals surface area contributed by atoms with Crippen LogP contribution < -0.4 is 11.1 Å². The van der Waals surface area contributed by atoms with Crippen LogP contribution in [0.4, 0.5) is 23.2 Å². The van der Waals surface area contributed by atoms with E-state index in [-0.39, 0.29) is 29.9 Å². The Bertz CT molecular complexity index is 1140. The summed E-state index contributed by atoms with van der Waals surface area (Å²) in [7, 11) is 0. The zero-order valence-electron chi connectivity index (χ0n) is 18.2. The molecule has 0 unspecified atom stereocenters. The second-order valence-electron chi connectivity index (χ2n) is 9.64. The fraction of sp³-hybridized carbons (Fsp3) is 0.478. The molecule has 2 aliphatic carbocycles. The minimum Gasteiger partial charge on any atom is -0.391 e. The molecular formula is C23H25F4N3O3. The number of aromatic nitrogens is 1. The van der Waals surface area contributed by atoms with Crippen LogP contribution in [0.2, 0.25) is 0 Å². The Hall–Kier alpha value is -2.88. The van der Waals surface area contributed by atoms with Crippen LogP contribution in [0.15, 0.2) is 18.3 Å². The lowest BCUT2D eigenvalue weighted by Crippen LogP contribution is -2.30. The largest absolute Gasteiger partial charge is 0.418 e. The molecule has 10 heteroatoms. The number of nitrogens with one attached hydrogen (secondary N) is 1. The van der Waals surface area contributed by atoms with Crippen molar-refractivity contribution >= 4 is 17.4 Å². The van der Waals surface area contributed by atoms with E-state index in [0.29, 0.717) is 12.8 Å². The van der Waals surface area contributed by atoms with Gasteiger partial charge in [-0.3, -0.25) is 9.59 Å². The first-order chi connectivity index (χ1) is 15.3. The lowest BCUT2D eigenvalue weighted by atomic mass is 9.75. The van der Waals surface area contributed by atoms with Crippen LogP contribution in [0.5, 0.6) is 0 Å². The Morgan fingerprint density at radius 1 is 1.24 bits per heavy atom. The monoisotopic (exact) mass is 467 g/mol. The molecule has 2 aromatic rings. The first kappa shape index (κ1) is 23.3. The second kappa shape index (κ2) is 7.86. The highest BCUT2D eigenvalue weighted by molar-refractivity contribution is 6.01. The van der Waals surface area contributed by atoms with Crippen LogP contribution in [0.1, 0.15) is 71.5 Å². The van der Waals surface area contributed by atoms with E-state index in [1.54, 1.807) is 13.8 Å². The lowest BCUT2D eigenvalue weighted by Gasteiger charge is -2.30. The molecule has 1 heterocycles. The maximum atomic E-state index is 15.0. The molecule has 4 rings (SSSR count). The highest BCUT2D eigenvalue weighted by atomic mass is 19.4. The number of fused-ring (bicyclic) bond motifs is 1. The van der Waals surface area contributed by atoms with Crippen LogP contribution in [0, 0.1) is 11.2 Å². The highest BCUT2D eigenvalue weighted by Crippen LogP contribution is 2.43. The maximum Gasteiger partial charge on any atom is 0.418 e. The molecule has 6 nitrogen and oxygen atoms in total. The standard InChI is InChI=1S/C23H25F4N3O3/c1-22(2)8-16-19(18(32)9-22)12(23(25,26)27)10-30(16)11-6-13(24)20(21(28)33)15(7-11)29-14-4-3-5-17(14)31/h6-7,10,14,17,29,31H,3-5,8-9H2,1-2H3,(H2,28,33)/t14-,17-/m0/s1. The van der Waals surface area contributed by atoms with Gasteiger partial charge in [0.25, 0.3) is 5.91 Å². The number of carbonyl (C=O) groups is 2.